The number of nitrogens with one attached hydrogen (secondary N) is 1. The van der Waals surface area contributed by atoms with Gasteiger partial charge < -0.3 is 10.4 Å². The van der Waals surface area contributed by atoms with Crippen molar-refractivity contribution in [1.29, 1.82) is 0 Å². The molecule has 0 aliphatic carbocycles. The van der Waals surface area contributed by atoms with Crippen molar-refractivity contribution < 1.29 is 18.7 Å². The maximum atomic E-state index is 13.4. The molecule has 0 radical (unpaired) electrons. The second-order valence-electron chi connectivity index (χ2n) is 4.05. The lowest BCUT2D eigenvalue weighted by molar-refractivity contribution is 0.102. The fraction of sp³-hybridized carbons (Fsp3) is 0.0714. The van der Waals surface area contributed by atoms with Crippen LogP contribution in [0.4, 0.5) is 14.5 Å². The van der Waals surface area contributed by atoms with Gasteiger partial charge in [0.2, 0.25) is 0 Å². The maximum absolute atomic E-state index is 13.4. The van der Waals surface area contributed by atoms with E-state index in [-0.39, 0.29) is 11.3 Å². The van der Waals surface area contributed by atoms with Crippen LogP contribution >= 0.6 is 0 Å². The average molecular weight is 263 g/mol. The van der Waals surface area contributed by atoms with Crippen LogP contribution in [0.2, 0.25) is 0 Å². The van der Waals surface area contributed by atoms with Gasteiger partial charge in [-0.25, -0.2) is 8.78 Å². The highest BCUT2D eigenvalue weighted by molar-refractivity contribution is 6.05. The van der Waals surface area contributed by atoms with Crippen LogP contribution in [-0.4, -0.2) is 11.0 Å². The van der Waals surface area contributed by atoms with E-state index in [4.69, 9.17) is 0 Å². The molecule has 0 spiro atoms. The first-order valence-corrected chi connectivity index (χ1v) is 5.54. The fourth-order valence-electron chi connectivity index (χ4n) is 1.70. The number of carbonyl (C=O) groups excluding carboxylic acids is 1. The summed E-state index contributed by atoms with van der Waals surface area (Å²) in [5, 5.41) is 11.4. The summed E-state index contributed by atoms with van der Waals surface area (Å²) in [6, 6.07) is 7.45. The number of rotatable bonds is 2. The molecule has 0 aromatic heterocycles. The largest absolute Gasteiger partial charge is 0.508 e. The minimum Gasteiger partial charge on any atom is -0.508 e. The number of para-hydroxylation sites is 1. The topological polar surface area (TPSA) is 49.3 Å². The second-order valence-corrected chi connectivity index (χ2v) is 4.05. The van der Waals surface area contributed by atoms with Crippen molar-refractivity contribution in [2.45, 2.75) is 6.92 Å². The summed E-state index contributed by atoms with van der Waals surface area (Å²) in [5.41, 5.74) is 0.259. The molecular formula is C14H11F2NO2. The summed E-state index contributed by atoms with van der Waals surface area (Å²) in [6.45, 7) is 1.62. The summed E-state index contributed by atoms with van der Waals surface area (Å²) in [4.78, 5) is 11.9. The highest BCUT2D eigenvalue weighted by Crippen LogP contribution is 2.21. The second kappa shape index (κ2) is 5.06. The third-order valence-electron chi connectivity index (χ3n) is 2.66. The van der Waals surface area contributed by atoms with Crippen molar-refractivity contribution in [1.82, 2.24) is 0 Å². The van der Waals surface area contributed by atoms with Gasteiger partial charge in [-0.3, -0.25) is 4.79 Å². The van der Waals surface area contributed by atoms with Crippen LogP contribution in [0.1, 0.15) is 15.9 Å². The van der Waals surface area contributed by atoms with Gasteiger partial charge in [0.1, 0.15) is 23.1 Å². The van der Waals surface area contributed by atoms with E-state index in [1.807, 2.05) is 0 Å². The highest BCUT2D eigenvalue weighted by atomic mass is 19.1. The number of amides is 1. The van der Waals surface area contributed by atoms with Gasteiger partial charge in [0.25, 0.3) is 5.91 Å². The van der Waals surface area contributed by atoms with Gasteiger partial charge in [-0.15, -0.1) is 0 Å². The van der Waals surface area contributed by atoms with Gasteiger partial charge in [-0.05, 0) is 42.8 Å². The van der Waals surface area contributed by atoms with Crippen molar-refractivity contribution in [2.75, 3.05) is 5.32 Å². The van der Waals surface area contributed by atoms with E-state index in [0.29, 0.717) is 5.56 Å². The van der Waals surface area contributed by atoms with E-state index in [1.165, 1.54) is 24.3 Å². The number of carbonyl (C=O) groups is 1. The zero-order valence-corrected chi connectivity index (χ0v) is 10.1. The van der Waals surface area contributed by atoms with Gasteiger partial charge in [0.15, 0.2) is 0 Å². The Bertz CT molecular complexity index is 621. The number of anilines is 1. The Labute approximate surface area is 108 Å². The quantitative estimate of drug-likeness (QED) is 0.873. The van der Waals surface area contributed by atoms with Crippen molar-refractivity contribution >= 4 is 11.6 Å². The van der Waals surface area contributed by atoms with Gasteiger partial charge >= 0.3 is 0 Å². The van der Waals surface area contributed by atoms with Crippen LogP contribution in [0.25, 0.3) is 0 Å². The van der Waals surface area contributed by atoms with Crippen LogP contribution in [0.15, 0.2) is 36.4 Å². The van der Waals surface area contributed by atoms with E-state index in [9.17, 15) is 18.7 Å². The molecule has 0 atom stereocenters. The number of hydrogen-bond acceptors (Lipinski definition) is 2. The number of aryl methyl sites for hydroxylation is 1. The van der Waals surface area contributed by atoms with Crippen LogP contribution in [0, 0.1) is 18.6 Å². The van der Waals surface area contributed by atoms with E-state index < -0.39 is 23.2 Å². The predicted molar refractivity (Wildman–Crippen MR) is 67.2 cm³/mol. The van der Waals surface area contributed by atoms with Crippen molar-refractivity contribution in [3.63, 3.8) is 0 Å². The van der Waals surface area contributed by atoms with E-state index in [1.54, 1.807) is 6.92 Å². The van der Waals surface area contributed by atoms with Crippen LogP contribution in [0.5, 0.6) is 5.75 Å². The molecule has 1 amide bonds. The maximum Gasteiger partial charge on any atom is 0.256 e. The average Bonchev–Trinajstić information content (AvgIpc) is 2.33. The van der Waals surface area contributed by atoms with Crippen molar-refractivity contribution in [3.05, 3.63) is 59.2 Å². The Balaban J connectivity index is 2.31. The lowest BCUT2D eigenvalue weighted by Crippen LogP contribution is -2.15. The van der Waals surface area contributed by atoms with Gasteiger partial charge in [0.05, 0.1) is 0 Å². The van der Waals surface area contributed by atoms with E-state index >= 15 is 0 Å². The first kappa shape index (κ1) is 13.0. The molecule has 0 fully saturated rings. The van der Waals surface area contributed by atoms with Gasteiger partial charge in [0, 0.05) is 5.56 Å². The number of aromatic hydroxyl groups is 1. The number of benzene rings is 2. The van der Waals surface area contributed by atoms with Crippen LogP contribution in [0.3, 0.4) is 0 Å². The first-order chi connectivity index (χ1) is 8.99. The number of phenolic OH excluding ortho intramolecular Hbond substituents is 1. The van der Waals surface area contributed by atoms with Crippen LogP contribution < -0.4 is 5.32 Å². The molecule has 0 saturated heterocycles. The molecule has 98 valence electrons. The molecule has 0 aliphatic rings. The first-order valence-electron chi connectivity index (χ1n) is 5.54. The summed E-state index contributed by atoms with van der Waals surface area (Å²) >= 11 is 0. The summed E-state index contributed by atoms with van der Waals surface area (Å²) in [6.07, 6.45) is 0. The number of phenols is 1. The zero-order valence-electron chi connectivity index (χ0n) is 10.1. The monoisotopic (exact) mass is 263 g/mol. The molecule has 2 aromatic carbocycles. The Morgan fingerprint density at radius 1 is 1.16 bits per heavy atom. The molecule has 0 bridgehead atoms. The Kier molecular flexibility index (Phi) is 3.46. The molecule has 2 rings (SSSR count). The molecule has 0 unspecified atom stereocenters. The third-order valence-corrected chi connectivity index (χ3v) is 2.66. The Hall–Kier alpha value is -2.43. The lowest BCUT2D eigenvalue weighted by Gasteiger charge is -2.09. The fourth-order valence-corrected chi connectivity index (χ4v) is 1.70. The van der Waals surface area contributed by atoms with Crippen molar-refractivity contribution in [2.24, 2.45) is 0 Å². The Morgan fingerprint density at radius 2 is 1.79 bits per heavy atom. The molecule has 0 heterocycles. The van der Waals surface area contributed by atoms with Gasteiger partial charge in [-0.1, -0.05) is 6.07 Å². The molecule has 0 aliphatic heterocycles. The standard InChI is InChI=1S/C14H11F2NO2/c1-8-7-9(18)5-6-10(8)14(19)17-13-11(15)3-2-4-12(13)16/h2-7,18H,1H3,(H,17,19). The molecule has 0 saturated carbocycles. The summed E-state index contributed by atoms with van der Waals surface area (Å²) in [7, 11) is 0. The molecule has 5 heteroatoms. The molecule has 2 N–H and O–H groups in total. The molecule has 2 aromatic rings. The molecular weight excluding hydrogens is 252 g/mol. The summed E-state index contributed by atoms with van der Waals surface area (Å²) < 4.78 is 26.8. The number of halogens is 2. The number of hydrogen-bond donors (Lipinski definition) is 2. The smallest absolute Gasteiger partial charge is 0.256 e. The zero-order chi connectivity index (χ0) is 14.0. The van der Waals surface area contributed by atoms with Gasteiger partial charge in [-0.2, -0.15) is 0 Å². The minimum absolute atomic E-state index is 0.0196. The normalized spacial score (nSPS) is 10.3. The van der Waals surface area contributed by atoms with E-state index in [2.05, 4.69) is 5.32 Å². The SMILES string of the molecule is Cc1cc(O)ccc1C(=O)Nc1c(F)cccc1F. The lowest BCUT2D eigenvalue weighted by atomic mass is 10.1. The molecule has 3 nitrogen and oxygen atoms in total. The predicted octanol–water partition coefficient (Wildman–Crippen LogP) is 3.23. The minimum atomic E-state index is -0.843. The van der Waals surface area contributed by atoms with E-state index in [0.717, 1.165) is 12.1 Å². The van der Waals surface area contributed by atoms with Crippen LogP contribution in [-0.2, 0) is 0 Å². The van der Waals surface area contributed by atoms with Crippen molar-refractivity contribution in [3.8, 4) is 5.75 Å². The third kappa shape index (κ3) is 2.70. The summed E-state index contributed by atoms with van der Waals surface area (Å²) in [5.74, 6) is -2.30. The highest BCUT2D eigenvalue weighted by Gasteiger charge is 2.15. The molecule has 19 heavy (non-hydrogen) atoms. The Morgan fingerprint density at radius 3 is 2.37 bits per heavy atom.